The van der Waals surface area contributed by atoms with Gasteiger partial charge in [0.1, 0.15) is 0 Å². The van der Waals surface area contributed by atoms with E-state index in [2.05, 4.69) is 149 Å². The molecule has 0 aliphatic carbocycles. The van der Waals surface area contributed by atoms with E-state index < -0.39 is 0 Å². The summed E-state index contributed by atoms with van der Waals surface area (Å²) in [5, 5.41) is 5.88. The molecule has 3 heteroatoms. The molecule has 33 heavy (non-hydrogen) atoms. The van der Waals surface area contributed by atoms with Crippen molar-refractivity contribution in [3.8, 4) is 0 Å². The van der Waals surface area contributed by atoms with Crippen molar-refractivity contribution in [3.63, 3.8) is 0 Å². The van der Waals surface area contributed by atoms with Crippen LogP contribution in [-0.4, -0.2) is 11.3 Å². The monoisotopic (exact) mass is 562 g/mol. The third-order valence-corrected chi connectivity index (χ3v) is 10.7. The molecule has 0 heterocycles. The number of rotatable bonds is 6. The molecule has 4 aromatic carbocycles. The SMILES string of the molecule is CC(C)P(c1ccccc1)c1ccccc1.CC(C)P(c1ccccc1)c1ccccc1.[Pd+2]. The van der Waals surface area contributed by atoms with Crippen molar-refractivity contribution in [2.75, 3.05) is 0 Å². The first-order valence-electron chi connectivity index (χ1n) is 11.4. The normalized spacial score (nSPS) is 10.7. The van der Waals surface area contributed by atoms with Crippen LogP contribution < -0.4 is 21.2 Å². The number of benzene rings is 4. The molecule has 0 radical (unpaired) electrons. The molecule has 0 amide bonds. The van der Waals surface area contributed by atoms with Gasteiger partial charge in [-0.25, -0.2) is 0 Å². The summed E-state index contributed by atoms with van der Waals surface area (Å²) in [4.78, 5) is 0. The van der Waals surface area contributed by atoms with Crippen LogP contribution in [-0.2, 0) is 20.4 Å². The van der Waals surface area contributed by atoms with E-state index >= 15 is 0 Å². The summed E-state index contributed by atoms with van der Waals surface area (Å²) in [6, 6.07) is 43.4. The maximum atomic E-state index is 2.31. The van der Waals surface area contributed by atoms with Gasteiger partial charge in [-0.15, -0.1) is 0 Å². The van der Waals surface area contributed by atoms with E-state index in [1.165, 1.54) is 21.2 Å². The minimum Gasteiger partial charge on any atom is -0.0622 e. The molecule has 172 valence electrons. The van der Waals surface area contributed by atoms with Crippen molar-refractivity contribution in [2.24, 2.45) is 0 Å². The molecule has 0 bridgehead atoms. The molecule has 0 saturated heterocycles. The van der Waals surface area contributed by atoms with Crippen LogP contribution in [0.3, 0.4) is 0 Å². The summed E-state index contributed by atoms with van der Waals surface area (Å²) in [6.07, 6.45) is 0. The van der Waals surface area contributed by atoms with Crippen LogP contribution in [0.5, 0.6) is 0 Å². The zero-order valence-electron chi connectivity index (χ0n) is 19.9. The Morgan fingerprint density at radius 3 is 0.697 bits per heavy atom. The predicted molar refractivity (Wildman–Crippen MR) is 148 cm³/mol. The van der Waals surface area contributed by atoms with Crippen molar-refractivity contribution in [1.29, 1.82) is 0 Å². The average Bonchev–Trinajstić information content (AvgIpc) is 2.82. The van der Waals surface area contributed by atoms with Crippen molar-refractivity contribution >= 4 is 37.1 Å². The Morgan fingerprint density at radius 1 is 0.364 bits per heavy atom. The number of hydrogen-bond donors (Lipinski definition) is 0. The smallest absolute Gasteiger partial charge is 0.0622 e. The van der Waals surface area contributed by atoms with E-state index in [9.17, 15) is 0 Å². The predicted octanol–water partition coefficient (Wildman–Crippen LogP) is 7.05. The molecule has 0 unspecified atom stereocenters. The maximum Gasteiger partial charge on any atom is 2.00 e. The molecule has 0 aromatic heterocycles. The van der Waals surface area contributed by atoms with Crippen LogP contribution in [0.4, 0.5) is 0 Å². The van der Waals surface area contributed by atoms with Gasteiger partial charge >= 0.3 is 20.4 Å². The molecule has 0 aliphatic rings. The summed E-state index contributed by atoms with van der Waals surface area (Å²) < 4.78 is 0. The summed E-state index contributed by atoms with van der Waals surface area (Å²) in [5.74, 6) is 0. The van der Waals surface area contributed by atoms with E-state index in [-0.39, 0.29) is 36.3 Å². The molecular weight excluding hydrogens is 529 g/mol. The van der Waals surface area contributed by atoms with E-state index in [4.69, 9.17) is 0 Å². The molecule has 0 spiro atoms. The van der Waals surface area contributed by atoms with Crippen molar-refractivity contribution < 1.29 is 20.4 Å². The summed E-state index contributed by atoms with van der Waals surface area (Å²) >= 11 is 0. The van der Waals surface area contributed by atoms with Crippen molar-refractivity contribution in [1.82, 2.24) is 0 Å². The first kappa shape index (κ1) is 27.6. The van der Waals surface area contributed by atoms with Gasteiger partial charge in [-0.05, 0) is 48.4 Å². The topological polar surface area (TPSA) is 0 Å². The third kappa shape index (κ3) is 8.29. The second-order valence-electron chi connectivity index (χ2n) is 8.27. The van der Waals surface area contributed by atoms with Crippen molar-refractivity contribution in [2.45, 2.75) is 39.0 Å². The van der Waals surface area contributed by atoms with Gasteiger partial charge in [0.25, 0.3) is 0 Å². The van der Waals surface area contributed by atoms with E-state index in [0.717, 1.165) is 0 Å². The summed E-state index contributed by atoms with van der Waals surface area (Å²) in [6.45, 7) is 9.24. The van der Waals surface area contributed by atoms with Gasteiger partial charge in [0, 0.05) is 0 Å². The third-order valence-electron chi connectivity index (χ3n) is 5.17. The Hall–Kier alpha value is -1.60. The van der Waals surface area contributed by atoms with Crippen molar-refractivity contribution in [3.05, 3.63) is 121 Å². The van der Waals surface area contributed by atoms with Crippen LogP contribution in [0.25, 0.3) is 0 Å². The van der Waals surface area contributed by atoms with Crippen LogP contribution in [0.1, 0.15) is 27.7 Å². The van der Waals surface area contributed by atoms with Gasteiger partial charge in [-0.2, -0.15) is 0 Å². The largest absolute Gasteiger partial charge is 2.00 e. The van der Waals surface area contributed by atoms with Crippen LogP contribution in [0.15, 0.2) is 121 Å². The Balaban J connectivity index is 0.000000227. The first-order chi connectivity index (χ1) is 15.6. The quantitative estimate of drug-likeness (QED) is 0.174. The van der Waals surface area contributed by atoms with Gasteiger partial charge in [0.05, 0.1) is 0 Å². The fourth-order valence-corrected chi connectivity index (χ4v) is 8.80. The second-order valence-corrected chi connectivity index (χ2v) is 13.9. The Labute approximate surface area is 217 Å². The molecule has 0 N–H and O–H groups in total. The maximum absolute atomic E-state index is 2.31. The minimum absolute atomic E-state index is 0. The number of hydrogen-bond acceptors (Lipinski definition) is 0. The average molecular weight is 563 g/mol. The standard InChI is InChI=1S/2C15H17P.Pd/c2*1-13(2)16(14-9-5-3-6-10-14)15-11-7-4-8-12-15;/h2*3-13H,1-2H3;/q;;+2. The second kappa shape index (κ2) is 14.6. The zero-order valence-corrected chi connectivity index (χ0v) is 23.3. The molecule has 0 nitrogen and oxygen atoms in total. The molecular formula is C30H34P2Pd+2. The first-order valence-corrected chi connectivity index (χ1v) is 14.2. The summed E-state index contributed by atoms with van der Waals surface area (Å²) in [7, 11) is -0.420. The Bertz CT molecular complexity index is 854. The Kier molecular flexibility index (Phi) is 12.2. The van der Waals surface area contributed by atoms with E-state index in [0.29, 0.717) is 11.3 Å². The fraction of sp³-hybridized carbons (Fsp3) is 0.200. The minimum atomic E-state index is -0.210. The molecule has 0 saturated carbocycles. The Morgan fingerprint density at radius 2 is 0.545 bits per heavy atom. The van der Waals surface area contributed by atoms with Gasteiger partial charge in [0.15, 0.2) is 0 Å². The summed E-state index contributed by atoms with van der Waals surface area (Å²) in [5.41, 5.74) is 1.36. The molecule has 4 rings (SSSR count). The molecule has 0 aliphatic heterocycles. The molecule has 0 fully saturated rings. The van der Waals surface area contributed by atoms with Crippen LogP contribution in [0.2, 0.25) is 0 Å². The van der Waals surface area contributed by atoms with Crippen LogP contribution >= 0.6 is 15.8 Å². The van der Waals surface area contributed by atoms with E-state index in [1.54, 1.807) is 0 Å². The van der Waals surface area contributed by atoms with Gasteiger partial charge in [-0.3, -0.25) is 0 Å². The van der Waals surface area contributed by atoms with Gasteiger partial charge < -0.3 is 0 Å². The van der Waals surface area contributed by atoms with Gasteiger partial charge in [-0.1, -0.05) is 149 Å². The van der Waals surface area contributed by atoms with E-state index in [1.807, 2.05) is 0 Å². The molecule has 0 atom stereocenters. The fourth-order valence-electron chi connectivity index (χ4n) is 3.85. The molecule has 4 aromatic rings. The van der Waals surface area contributed by atoms with Gasteiger partial charge in [0.2, 0.25) is 0 Å². The zero-order chi connectivity index (χ0) is 22.8. The van der Waals surface area contributed by atoms with Crippen LogP contribution in [0, 0.1) is 0 Å².